The van der Waals surface area contributed by atoms with Crippen LogP contribution in [0.5, 0.6) is 0 Å². The van der Waals surface area contributed by atoms with Crippen molar-refractivity contribution in [3.05, 3.63) is 47.3 Å². The average Bonchev–Trinajstić information content (AvgIpc) is 2.30. The van der Waals surface area contributed by atoms with E-state index in [2.05, 4.69) is 36.5 Å². The molecule has 86 valence electrons. The monoisotopic (exact) mass is 292 g/mol. The first-order valence-corrected chi connectivity index (χ1v) is 5.63. The Bertz CT molecular complexity index is 518. The highest BCUT2D eigenvalue weighted by molar-refractivity contribution is 9.10. The average molecular weight is 293 g/mol. The van der Waals surface area contributed by atoms with Crippen LogP contribution in [0.1, 0.15) is 0 Å². The van der Waals surface area contributed by atoms with Crippen molar-refractivity contribution >= 4 is 33.5 Å². The minimum absolute atomic E-state index is 0.346. The highest BCUT2D eigenvalue weighted by Crippen LogP contribution is 2.13. The molecular formula is C11H9BrN4O. The Morgan fingerprint density at radius 3 is 2.59 bits per heavy atom. The summed E-state index contributed by atoms with van der Waals surface area (Å²) in [5.41, 5.74) is 0.674. The molecule has 0 unspecified atom stereocenters. The quantitative estimate of drug-likeness (QED) is 0.894. The fraction of sp³-hybridized carbons (Fsp3) is 0. The zero-order chi connectivity index (χ0) is 12.1. The third-order valence-electron chi connectivity index (χ3n) is 1.90. The van der Waals surface area contributed by atoms with E-state index in [-0.39, 0.29) is 6.03 Å². The van der Waals surface area contributed by atoms with Gasteiger partial charge in [-0.2, -0.15) is 0 Å². The number of hydrogen-bond acceptors (Lipinski definition) is 3. The van der Waals surface area contributed by atoms with E-state index in [0.717, 1.165) is 4.47 Å². The SMILES string of the molecule is O=C(Nc1ccncc1)Nc1cc(Br)ccn1. The lowest BCUT2D eigenvalue weighted by Crippen LogP contribution is -2.19. The maximum atomic E-state index is 11.6. The topological polar surface area (TPSA) is 66.9 Å². The molecule has 0 aromatic carbocycles. The number of hydrogen-bond donors (Lipinski definition) is 2. The maximum absolute atomic E-state index is 11.6. The number of rotatable bonds is 2. The van der Waals surface area contributed by atoms with Crippen LogP contribution >= 0.6 is 15.9 Å². The lowest BCUT2D eigenvalue weighted by Gasteiger charge is -2.06. The maximum Gasteiger partial charge on any atom is 0.324 e. The number of aromatic nitrogens is 2. The molecule has 5 nitrogen and oxygen atoms in total. The Kier molecular flexibility index (Phi) is 3.66. The van der Waals surface area contributed by atoms with Crippen LogP contribution in [0.2, 0.25) is 0 Å². The zero-order valence-corrected chi connectivity index (χ0v) is 10.3. The van der Waals surface area contributed by atoms with Gasteiger partial charge in [-0.15, -0.1) is 0 Å². The molecule has 2 aromatic rings. The highest BCUT2D eigenvalue weighted by Gasteiger charge is 2.03. The van der Waals surface area contributed by atoms with E-state index in [0.29, 0.717) is 11.5 Å². The Hall–Kier alpha value is -1.95. The molecule has 0 spiro atoms. The van der Waals surface area contributed by atoms with Crippen molar-refractivity contribution in [1.29, 1.82) is 0 Å². The number of halogens is 1. The molecule has 0 bridgehead atoms. The summed E-state index contributed by atoms with van der Waals surface area (Å²) in [5.74, 6) is 0.478. The molecule has 0 atom stereocenters. The minimum atomic E-state index is -0.346. The highest BCUT2D eigenvalue weighted by atomic mass is 79.9. The van der Waals surface area contributed by atoms with E-state index < -0.39 is 0 Å². The summed E-state index contributed by atoms with van der Waals surface area (Å²) in [6.07, 6.45) is 4.81. The fourth-order valence-corrected chi connectivity index (χ4v) is 1.52. The number of anilines is 2. The van der Waals surface area contributed by atoms with Gasteiger partial charge in [0, 0.05) is 28.8 Å². The van der Waals surface area contributed by atoms with Gasteiger partial charge in [0.15, 0.2) is 0 Å². The lowest BCUT2D eigenvalue weighted by atomic mass is 10.4. The molecule has 17 heavy (non-hydrogen) atoms. The van der Waals surface area contributed by atoms with Crippen LogP contribution in [0.4, 0.5) is 16.3 Å². The second kappa shape index (κ2) is 5.40. The Morgan fingerprint density at radius 2 is 1.88 bits per heavy atom. The molecule has 2 amide bonds. The largest absolute Gasteiger partial charge is 0.324 e. The van der Waals surface area contributed by atoms with Crippen LogP contribution in [-0.2, 0) is 0 Å². The summed E-state index contributed by atoms with van der Waals surface area (Å²) in [6, 6.07) is 6.56. The number of urea groups is 1. The summed E-state index contributed by atoms with van der Waals surface area (Å²) in [5, 5.41) is 5.28. The first-order chi connectivity index (χ1) is 8.24. The Morgan fingerprint density at radius 1 is 1.12 bits per heavy atom. The van der Waals surface area contributed by atoms with Crippen molar-refractivity contribution in [2.75, 3.05) is 10.6 Å². The van der Waals surface area contributed by atoms with Crippen molar-refractivity contribution in [2.24, 2.45) is 0 Å². The Labute approximate surface area is 106 Å². The van der Waals surface area contributed by atoms with Crippen LogP contribution in [0.25, 0.3) is 0 Å². The number of amides is 2. The predicted octanol–water partition coefficient (Wildman–Crippen LogP) is 2.88. The van der Waals surface area contributed by atoms with E-state index in [1.807, 2.05) is 0 Å². The van der Waals surface area contributed by atoms with Crippen LogP contribution in [-0.4, -0.2) is 16.0 Å². The zero-order valence-electron chi connectivity index (χ0n) is 8.72. The van der Waals surface area contributed by atoms with Gasteiger partial charge in [0.1, 0.15) is 5.82 Å². The van der Waals surface area contributed by atoms with Gasteiger partial charge in [0.25, 0.3) is 0 Å². The Balaban J connectivity index is 1.98. The van der Waals surface area contributed by atoms with Crippen molar-refractivity contribution in [3.8, 4) is 0 Å². The van der Waals surface area contributed by atoms with E-state index >= 15 is 0 Å². The molecule has 2 aromatic heterocycles. The number of carbonyl (C=O) groups is 1. The molecule has 0 aliphatic carbocycles. The fourth-order valence-electron chi connectivity index (χ4n) is 1.19. The second-order valence-corrected chi connectivity index (χ2v) is 4.09. The molecule has 0 saturated heterocycles. The van der Waals surface area contributed by atoms with Gasteiger partial charge in [0.05, 0.1) is 0 Å². The predicted molar refractivity (Wildman–Crippen MR) is 68.8 cm³/mol. The molecule has 0 saturated carbocycles. The van der Waals surface area contributed by atoms with Gasteiger partial charge in [-0.3, -0.25) is 10.3 Å². The number of nitrogens with zero attached hydrogens (tertiary/aromatic N) is 2. The summed E-state index contributed by atoms with van der Waals surface area (Å²) in [4.78, 5) is 19.5. The van der Waals surface area contributed by atoms with Crippen LogP contribution in [0, 0.1) is 0 Å². The molecular weight excluding hydrogens is 284 g/mol. The van der Waals surface area contributed by atoms with Gasteiger partial charge < -0.3 is 5.32 Å². The van der Waals surface area contributed by atoms with Crippen LogP contribution < -0.4 is 10.6 Å². The molecule has 0 aliphatic heterocycles. The lowest BCUT2D eigenvalue weighted by molar-refractivity contribution is 0.262. The normalized spacial score (nSPS) is 9.71. The third kappa shape index (κ3) is 3.53. The second-order valence-electron chi connectivity index (χ2n) is 3.17. The first kappa shape index (κ1) is 11.5. The van der Waals surface area contributed by atoms with Gasteiger partial charge >= 0.3 is 6.03 Å². The number of pyridine rings is 2. The third-order valence-corrected chi connectivity index (χ3v) is 2.40. The molecule has 0 fully saturated rings. The molecule has 2 heterocycles. The van der Waals surface area contributed by atoms with Gasteiger partial charge in [-0.1, -0.05) is 15.9 Å². The molecule has 6 heteroatoms. The minimum Gasteiger partial charge on any atom is -0.308 e. The summed E-state index contributed by atoms with van der Waals surface area (Å²) in [7, 11) is 0. The number of nitrogens with one attached hydrogen (secondary N) is 2. The van der Waals surface area contributed by atoms with E-state index in [9.17, 15) is 4.79 Å². The van der Waals surface area contributed by atoms with Crippen molar-refractivity contribution in [2.45, 2.75) is 0 Å². The smallest absolute Gasteiger partial charge is 0.308 e. The van der Waals surface area contributed by atoms with E-state index in [1.165, 1.54) is 0 Å². The van der Waals surface area contributed by atoms with Gasteiger partial charge in [0.2, 0.25) is 0 Å². The molecule has 0 aliphatic rings. The van der Waals surface area contributed by atoms with Crippen molar-refractivity contribution in [3.63, 3.8) is 0 Å². The van der Waals surface area contributed by atoms with Crippen LogP contribution in [0.15, 0.2) is 47.3 Å². The first-order valence-electron chi connectivity index (χ1n) is 4.83. The van der Waals surface area contributed by atoms with Gasteiger partial charge in [-0.25, -0.2) is 9.78 Å². The summed E-state index contributed by atoms with van der Waals surface area (Å²) < 4.78 is 0.853. The van der Waals surface area contributed by atoms with E-state index in [4.69, 9.17) is 0 Å². The molecule has 0 radical (unpaired) electrons. The van der Waals surface area contributed by atoms with Crippen molar-refractivity contribution in [1.82, 2.24) is 9.97 Å². The summed E-state index contributed by atoms with van der Waals surface area (Å²) >= 11 is 3.30. The standard InChI is InChI=1S/C11H9BrN4O/c12-8-1-6-14-10(7-8)16-11(17)15-9-2-4-13-5-3-9/h1-7H,(H2,13,14,15,16,17). The van der Waals surface area contributed by atoms with Gasteiger partial charge in [-0.05, 0) is 24.3 Å². The number of carbonyl (C=O) groups excluding carboxylic acids is 1. The summed E-state index contributed by atoms with van der Waals surface area (Å²) in [6.45, 7) is 0. The molecule has 2 rings (SSSR count). The van der Waals surface area contributed by atoms with Crippen LogP contribution in [0.3, 0.4) is 0 Å². The molecule has 2 N–H and O–H groups in total. The van der Waals surface area contributed by atoms with E-state index in [1.54, 1.807) is 42.9 Å². The van der Waals surface area contributed by atoms with Crippen molar-refractivity contribution < 1.29 is 4.79 Å².